The van der Waals surface area contributed by atoms with Crippen molar-refractivity contribution in [2.45, 2.75) is 6.54 Å². The number of rotatable bonds is 8. The molecular weight excluding hydrogens is 384 g/mol. The van der Waals surface area contributed by atoms with Crippen molar-refractivity contribution in [2.24, 2.45) is 0 Å². The Kier molecular flexibility index (Phi) is 6.96. The second-order valence-corrected chi connectivity index (χ2v) is 5.72. The van der Waals surface area contributed by atoms with Gasteiger partial charge in [0.2, 0.25) is 0 Å². The van der Waals surface area contributed by atoms with Gasteiger partial charge in [0.1, 0.15) is 5.75 Å². The Labute approximate surface area is 166 Å². The molecule has 0 saturated carbocycles. The first-order chi connectivity index (χ1) is 13.8. The number of hydrogen-bond acceptors (Lipinski definition) is 8. The van der Waals surface area contributed by atoms with Crippen LogP contribution >= 0.6 is 0 Å². The summed E-state index contributed by atoms with van der Waals surface area (Å²) in [5.74, 6) is -0.0426. The molecule has 10 heteroatoms. The predicted octanol–water partition coefficient (Wildman–Crippen LogP) is 2.34. The lowest BCUT2D eigenvalue weighted by Crippen LogP contribution is -2.23. The SMILES string of the molecule is COC(=O)c1cc(C(=O)NCc2cc(OC)c(OC)cc2OC)cc([N+](=O)[O-])c1. The van der Waals surface area contributed by atoms with E-state index in [0.717, 1.165) is 19.2 Å². The van der Waals surface area contributed by atoms with Crippen molar-refractivity contribution in [3.8, 4) is 17.2 Å². The van der Waals surface area contributed by atoms with Crippen LogP contribution in [0.3, 0.4) is 0 Å². The van der Waals surface area contributed by atoms with E-state index in [1.165, 1.54) is 27.4 Å². The van der Waals surface area contributed by atoms with Crippen LogP contribution in [0.4, 0.5) is 5.69 Å². The Hall–Kier alpha value is -3.82. The number of nitrogens with one attached hydrogen (secondary N) is 1. The number of esters is 1. The fourth-order valence-electron chi connectivity index (χ4n) is 2.59. The van der Waals surface area contributed by atoms with E-state index >= 15 is 0 Å². The molecule has 0 aromatic heterocycles. The lowest BCUT2D eigenvalue weighted by Gasteiger charge is -2.14. The molecule has 2 aromatic rings. The molecular formula is C19H20N2O8. The highest BCUT2D eigenvalue weighted by Gasteiger charge is 2.19. The molecule has 0 bridgehead atoms. The first-order valence-electron chi connectivity index (χ1n) is 8.29. The molecule has 0 aliphatic rings. The van der Waals surface area contributed by atoms with Gasteiger partial charge in [-0.25, -0.2) is 4.79 Å². The molecule has 0 atom stereocenters. The highest BCUT2D eigenvalue weighted by atomic mass is 16.6. The average Bonchev–Trinajstić information content (AvgIpc) is 2.75. The third-order valence-corrected chi connectivity index (χ3v) is 4.04. The van der Waals surface area contributed by atoms with E-state index in [0.29, 0.717) is 22.8 Å². The molecule has 154 valence electrons. The molecule has 0 fully saturated rings. The van der Waals surface area contributed by atoms with Crippen LogP contribution in [0, 0.1) is 10.1 Å². The lowest BCUT2D eigenvalue weighted by molar-refractivity contribution is -0.384. The predicted molar refractivity (Wildman–Crippen MR) is 102 cm³/mol. The number of nitro groups is 1. The fourth-order valence-corrected chi connectivity index (χ4v) is 2.59. The van der Waals surface area contributed by atoms with Crippen molar-refractivity contribution in [1.29, 1.82) is 0 Å². The van der Waals surface area contributed by atoms with Crippen molar-refractivity contribution in [2.75, 3.05) is 28.4 Å². The van der Waals surface area contributed by atoms with Crippen molar-refractivity contribution in [3.05, 3.63) is 57.1 Å². The second-order valence-electron chi connectivity index (χ2n) is 5.72. The first kappa shape index (κ1) is 21.5. The van der Waals surface area contributed by atoms with Crippen LogP contribution in [0.2, 0.25) is 0 Å². The van der Waals surface area contributed by atoms with Gasteiger partial charge in [-0.1, -0.05) is 0 Å². The van der Waals surface area contributed by atoms with Crippen LogP contribution in [0.15, 0.2) is 30.3 Å². The molecule has 2 aromatic carbocycles. The zero-order valence-electron chi connectivity index (χ0n) is 16.3. The minimum absolute atomic E-state index is 0.0403. The molecule has 1 amide bonds. The molecule has 10 nitrogen and oxygen atoms in total. The van der Waals surface area contributed by atoms with Crippen molar-refractivity contribution in [1.82, 2.24) is 5.32 Å². The molecule has 0 aliphatic heterocycles. The molecule has 0 heterocycles. The van der Waals surface area contributed by atoms with E-state index in [9.17, 15) is 19.7 Å². The number of amides is 1. The van der Waals surface area contributed by atoms with Crippen molar-refractivity contribution < 1.29 is 33.5 Å². The number of carbonyl (C=O) groups is 2. The summed E-state index contributed by atoms with van der Waals surface area (Å²) in [6.45, 7) is 0.0403. The zero-order chi connectivity index (χ0) is 21.6. The zero-order valence-corrected chi connectivity index (χ0v) is 16.3. The summed E-state index contributed by atoms with van der Waals surface area (Å²) in [5, 5.41) is 13.8. The average molecular weight is 404 g/mol. The third kappa shape index (κ3) is 4.92. The quantitative estimate of drug-likeness (QED) is 0.404. The summed E-state index contributed by atoms with van der Waals surface area (Å²) < 4.78 is 20.3. The summed E-state index contributed by atoms with van der Waals surface area (Å²) in [4.78, 5) is 34.7. The van der Waals surface area contributed by atoms with Crippen molar-refractivity contribution >= 4 is 17.6 Å². The maximum absolute atomic E-state index is 12.6. The third-order valence-electron chi connectivity index (χ3n) is 4.04. The van der Waals surface area contributed by atoms with E-state index in [1.54, 1.807) is 12.1 Å². The van der Waals surface area contributed by atoms with Gasteiger partial charge in [-0.3, -0.25) is 14.9 Å². The van der Waals surface area contributed by atoms with Gasteiger partial charge in [0, 0.05) is 35.9 Å². The largest absolute Gasteiger partial charge is 0.496 e. The van der Waals surface area contributed by atoms with Crippen LogP contribution in [-0.4, -0.2) is 45.2 Å². The number of non-ortho nitro benzene ring substituents is 1. The van der Waals surface area contributed by atoms with Gasteiger partial charge >= 0.3 is 5.97 Å². The van der Waals surface area contributed by atoms with Gasteiger partial charge in [-0.05, 0) is 12.1 Å². The molecule has 1 N–H and O–H groups in total. The fraction of sp³-hybridized carbons (Fsp3) is 0.263. The van der Waals surface area contributed by atoms with E-state index in [-0.39, 0.29) is 17.7 Å². The number of carbonyl (C=O) groups excluding carboxylic acids is 2. The maximum Gasteiger partial charge on any atom is 0.338 e. The Morgan fingerprint density at radius 3 is 2.03 bits per heavy atom. The number of hydrogen-bond donors (Lipinski definition) is 1. The number of methoxy groups -OCH3 is 4. The van der Waals surface area contributed by atoms with Gasteiger partial charge in [0.05, 0.1) is 38.9 Å². The van der Waals surface area contributed by atoms with Crippen LogP contribution in [0.5, 0.6) is 17.2 Å². The maximum atomic E-state index is 12.6. The molecule has 0 radical (unpaired) electrons. The summed E-state index contributed by atoms with van der Waals surface area (Å²) in [6, 6.07) is 6.60. The van der Waals surface area contributed by atoms with E-state index in [1.807, 2.05) is 0 Å². The summed E-state index contributed by atoms with van der Waals surface area (Å²) in [6.07, 6.45) is 0. The molecule has 0 saturated heterocycles. The highest BCUT2D eigenvalue weighted by Crippen LogP contribution is 2.34. The molecule has 2 rings (SSSR count). The number of nitro benzene ring substituents is 1. The topological polar surface area (TPSA) is 126 Å². The Bertz CT molecular complexity index is 942. The van der Waals surface area contributed by atoms with Crippen LogP contribution in [-0.2, 0) is 11.3 Å². The minimum atomic E-state index is -0.788. The standard InChI is InChI=1S/C19H20N2O8/c1-26-15-9-17(28-3)16(27-2)8-13(15)10-20-18(22)11-5-12(19(23)29-4)7-14(6-11)21(24)25/h5-9H,10H2,1-4H3,(H,20,22). The number of benzene rings is 2. The van der Waals surface area contributed by atoms with Crippen LogP contribution < -0.4 is 19.5 Å². The van der Waals surface area contributed by atoms with Gasteiger partial charge in [0.25, 0.3) is 11.6 Å². The van der Waals surface area contributed by atoms with E-state index in [2.05, 4.69) is 10.1 Å². The molecule has 0 spiro atoms. The van der Waals surface area contributed by atoms with Gasteiger partial charge < -0.3 is 24.3 Å². The highest BCUT2D eigenvalue weighted by molar-refractivity contribution is 5.99. The van der Waals surface area contributed by atoms with Gasteiger partial charge in [-0.15, -0.1) is 0 Å². The van der Waals surface area contributed by atoms with Gasteiger partial charge in [-0.2, -0.15) is 0 Å². The Balaban J connectivity index is 2.30. The first-order valence-corrected chi connectivity index (χ1v) is 8.29. The molecule has 29 heavy (non-hydrogen) atoms. The monoisotopic (exact) mass is 404 g/mol. The summed E-state index contributed by atoms with van der Waals surface area (Å²) in [5.41, 5.74) is 0.0356. The number of ether oxygens (including phenoxy) is 4. The smallest absolute Gasteiger partial charge is 0.338 e. The molecule has 0 aliphatic carbocycles. The number of nitrogens with zero attached hydrogens (tertiary/aromatic N) is 1. The lowest BCUT2D eigenvalue weighted by atomic mass is 10.1. The van der Waals surface area contributed by atoms with E-state index < -0.39 is 22.5 Å². The summed E-state index contributed by atoms with van der Waals surface area (Å²) in [7, 11) is 5.57. The van der Waals surface area contributed by atoms with Crippen LogP contribution in [0.25, 0.3) is 0 Å². The normalized spacial score (nSPS) is 10.1. The molecule has 0 unspecified atom stereocenters. The minimum Gasteiger partial charge on any atom is -0.496 e. The Morgan fingerprint density at radius 1 is 0.897 bits per heavy atom. The van der Waals surface area contributed by atoms with Gasteiger partial charge in [0.15, 0.2) is 11.5 Å². The Morgan fingerprint density at radius 2 is 1.48 bits per heavy atom. The van der Waals surface area contributed by atoms with Crippen LogP contribution in [0.1, 0.15) is 26.3 Å². The van der Waals surface area contributed by atoms with E-state index in [4.69, 9.17) is 14.2 Å². The van der Waals surface area contributed by atoms with Crippen molar-refractivity contribution in [3.63, 3.8) is 0 Å². The summed E-state index contributed by atoms with van der Waals surface area (Å²) >= 11 is 0. The second kappa shape index (κ2) is 9.40.